The molecule has 3 heteroatoms. The summed E-state index contributed by atoms with van der Waals surface area (Å²) in [4.78, 5) is 0. The number of hydrogen-bond donors (Lipinski definition) is 2. The van der Waals surface area contributed by atoms with E-state index in [0.29, 0.717) is 5.02 Å². The first kappa shape index (κ1) is 10.4. The molecule has 0 fully saturated rings. The van der Waals surface area contributed by atoms with Crippen LogP contribution in [-0.2, 0) is 0 Å². The Morgan fingerprint density at radius 2 is 1.93 bits per heavy atom. The molecule has 0 aliphatic heterocycles. The number of hydrogen-bond acceptors (Lipinski definition) is 2. The molecule has 0 spiro atoms. The molecule has 0 heterocycles. The predicted octanol–water partition coefficient (Wildman–Crippen LogP) is 2.75. The van der Waals surface area contributed by atoms with E-state index < -0.39 is 6.23 Å². The molecule has 0 amide bonds. The maximum absolute atomic E-state index is 9.38. The molecule has 0 aliphatic rings. The highest BCUT2D eigenvalue weighted by Crippen LogP contribution is 2.25. The van der Waals surface area contributed by atoms with E-state index in [2.05, 4.69) is 0 Å². The zero-order valence-corrected chi connectivity index (χ0v) is 9.12. The van der Waals surface area contributed by atoms with Crippen LogP contribution in [0.5, 0.6) is 0 Å². The first-order valence-corrected chi connectivity index (χ1v) is 5.09. The molecule has 15 heavy (non-hydrogen) atoms. The average molecular weight is 222 g/mol. The fraction of sp³-hybridized carbons (Fsp3) is 0.167. The van der Waals surface area contributed by atoms with Crippen molar-refractivity contribution in [2.75, 3.05) is 0 Å². The van der Waals surface area contributed by atoms with Crippen molar-refractivity contribution in [2.24, 2.45) is 5.73 Å². The van der Waals surface area contributed by atoms with Gasteiger partial charge in [-0.2, -0.15) is 0 Å². The van der Waals surface area contributed by atoms with Crippen LogP contribution < -0.4 is 5.73 Å². The lowest BCUT2D eigenvalue weighted by Gasteiger charge is -2.10. The number of rotatable bonds is 1. The largest absolute Gasteiger partial charge is 0.375 e. The van der Waals surface area contributed by atoms with Crippen molar-refractivity contribution in [3.63, 3.8) is 0 Å². The van der Waals surface area contributed by atoms with Gasteiger partial charge in [-0.3, -0.25) is 0 Å². The van der Waals surface area contributed by atoms with Gasteiger partial charge in [0.25, 0.3) is 0 Å². The minimum absolute atomic E-state index is 0.684. The van der Waals surface area contributed by atoms with Crippen LogP contribution in [0.4, 0.5) is 0 Å². The van der Waals surface area contributed by atoms with Crippen LogP contribution in [0, 0.1) is 6.92 Å². The predicted molar refractivity (Wildman–Crippen MR) is 62.8 cm³/mol. The normalized spacial score (nSPS) is 13.1. The summed E-state index contributed by atoms with van der Waals surface area (Å²) < 4.78 is 0. The minimum atomic E-state index is -0.937. The monoisotopic (exact) mass is 221 g/mol. The lowest BCUT2D eigenvalue weighted by Crippen LogP contribution is -2.10. The van der Waals surface area contributed by atoms with Crippen LogP contribution in [0.25, 0.3) is 10.8 Å². The molecule has 2 nitrogen and oxygen atoms in total. The molecule has 1 atom stereocenters. The summed E-state index contributed by atoms with van der Waals surface area (Å²) in [5.74, 6) is 0. The number of nitrogens with two attached hydrogens (primary N) is 1. The van der Waals surface area contributed by atoms with Gasteiger partial charge in [-0.25, -0.2) is 0 Å². The topological polar surface area (TPSA) is 46.2 Å². The van der Waals surface area contributed by atoms with Gasteiger partial charge < -0.3 is 10.8 Å². The van der Waals surface area contributed by atoms with Gasteiger partial charge >= 0.3 is 0 Å². The SMILES string of the molecule is Cc1cc2ccc(Cl)cc2cc1C(N)O. The van der Waals surface area contributed by atoms with E-state index in [0.717, 1.165) is 21.9 Å². The number of aryl methyl sites for hydroxylation is 1. The van der Waals surface area contributed by atoms with Gasteiger partial charge in [0.1, 0.15) is 6.23 Å². The van der Waals surface area contributed by atoms with Gasteiger partial charge in [-0.1, -0.05) is 23.7 Å². The van der Waals surface area contributed by atoms with Gasteiger partial charge in [-0.15, -0.1) is 0 Å². The Bertz CT molecular complexity index is 508. The number of fused-ring (bicyclic) bond motifs is 1. The lowest BCUT2D eigenvalue weighted by molar-refractivity contribution is 0.185. The van der Waals surface area contributed by atoms with Crippen molar-refractivity contribution in [3.8, 4) is 0 Å². The maximum atomic E-state index is 9.38. The highest BCUT2D eigenvalue weighted by atomic mass is 35.5. The first-order chi connectivity index (χ1) is 7.08. The molecule has 0 saturated carbocycles. The van der Waals surface area contributed by atoms with E-state index >= 15 is 0 Å². The van der Waals surface area contributed by atoms with Gasteiger partial charge in [0, 0.05) is 5.02 Å². The summed E-state index contributed by atoms with van der Waals surface area (Å²) in [5, 5.41) is 12.2. The van der Waals surface area contributed by atoms with Crippen molar-refractivity contribution in [1.82, 2.24) is 0 Å². The standard InChI is InChI=1S/C12H12ClNO/c1-7-4-8-2-3-10(13)5-9(8)6-11(7)12(14)15/h2-6,12,15H,14H2,1H3. The van der Waals surface area contributed by atoms with Crippen molar-refractivity contribution in [1.29, 1.82) is 0 Å². The van der Waals surface area contributed by atoms with Gasteiger partial charge in [0.2, 0.25) is 0 Å². The maximum Gasteiger partial charge on any atom is 0.128 e. The summed E-state index contributed by atoms with van der Waals surface area (Å²) >= 11 is 5.90. The Balaban J connectivity index is 2.72. The molecule has 0 aromatic heterocycles. The van der Waals surface area contributed by atoms with Crippen molar-refractivity contribution in [2.45, 2.75) is 13.2 Å². The Hall–Kier alpha value is -1.09. The second-order valence-corrected chi connectivity index (χ2v) is 4.08. The number of benzene rings is 2. The molecule has 0 radical (unpaired) electrons. The van der Waals surface area contributed by atoms with E-state index in [1.54, 1.807) is 0 Å². The summed E-state index contributed by atoms with van der Waals surface area (Å²) in [7, 11) is 0. The van der Waals surface area contributed by atoms with E-state index in [1.807, 2.05) is 37.3 Å². The molecule has 0 aliphatic carbocycles. The van der Waals surface area contributed by atoms with Gasteiger partial charge in [0.15, 0.2) is 0 Å². The van der Waals surface area contributed by atoms with E-state index in [9.17, 15) is 5.11 Å². The summed E-state index contributed by atoms with van der Waals surface area (Å²) in [5.41, 5.74) is 7.19. The smallest absolute Gasteiger partial charge is 0.128 e. The Kier molecular flexibility index (Phi) is 2.65. The van der Waals surface area contributed by atoms with Crippen LogP contribution in [0.1, 0.15) is 17.4 Å². The fourth-order valence-electron chi connectivity index (χ4n) is 1.72. The van der Waals surface area contributed by atoms with Gasteiger partial charge in [-0.05, 0) is 47.0 Å². The summed E-state index contributed by atoms with van der Waals surface area (Å²) in [6.07, 6.45) is -0.937. The van der Waals surface area contributed by atoms with Crippen LogP contribution >= 0.6 is 11.6 Å². The Morgan fingerprint density at radius 1 is 1.20 bits per heavy atom. The average Bonchev–Trinajstić information content (AvgIpc) is 2.17. The van der Waals surface area contributed by atoms with Crippen LogP contribution in [0.3, 0.4) is 0 Å². The third kappa shape index (κ3) is 1.97. The van der Waals surface area contributed by atoms with Crippen molar-refractivity contribution >= 4 is 22.4 Å². The molecule has 2 aromatic carbocycles. The fourth-order valence-corrected chi connectivity index (χ4v) is 1.90. The zero-order valence-electron chi connectivity index (χ0n) is 8.37. The molecule has 2 rings (SSSR count). The molecule has 0 bridgehead atoms. The summed E-state index contributed by atoms with van der Waals surface area (Å²) in [6, 6.07) is 9.54. The second-order valence-electron chi connectivity index (χ2n) is 3.65. The van der Waals surface area contributed by atoms with Crippen LogP contribution in [0.2, 0.25) is 5.02 Å². The molecular weight excluding hydrogens is 210 g/mol. The first-order valence-electron chi connectivity index (χ1n) is 4.71. The number of aliphatic hydroxyl groups excluding tert-OH is 1. The van der Waals surface area contributed by atoms with Gasteiger partial charge in [0.05, 0.1) is 0 Å². The molecule has 0 saturated heterocycles. The number of aliphatic hydroxyl groups is 1. The molecule has 1 unspecified atom stereocenters. The van der Waals surface area contributed by atoms with E-state index in [-0.39, 0.29) is 0 Å². The highest BCUT2D eigenvalue weighted by Gasteiger charge is 2.06. The van der Waals surface area contributed by atoms with Crippen LogP contribution in [0.15, 0.2) is 30.3 Å². The molecule has 3 N–H and O–H groups in total. The van der Waals surface area contributed by atoms with E-state index in [4.69, 9.17) is 17.3 Å². The lowest BCUT2D eigenvalue weighted by atomic mass is 10.0. The van der Waals surface area contributed by atoms with Crippen molar-refractivity contribution < 1.29 is 5.11 Å². The number of halogens is 1. The zero-order chi connectivity index (χ0) is 11.0. The minimum Gasteiger partial charge on any atom is -0.375 e. The highest BCUT2D eigenvalue weighted by molar-refractivity contribution is 6.31. The third-order valence-corrected chi connectivity index (χ3v) is 2.74. The van der Waals surface area contributed by atoms with Crippen LogP contribution in [-0.4, -0.2) is 5.11 Å². The Morgan fingerprint density at radius 3 is 2.60 bits per heavy atom. The van der Waals surface area contributed by atoms with E-state index in [1.165, 1.54) is 0 Å². The molecule has 2 aromatic rings. The van der Waals surface area contributed by atoms with Crippen molar-refractivity contribution in [3.05, 3.63) is 46.5 Å². The second kappa shape index (κ2) is 3.81. The Labute approximate surface area is 93.3 Å². The summed E-state index contributed by atoms with van der Waals surface area (Å²) in [6.45, 7) is 1.93. The molecular formula is C12H12ClNO. The third-order valence-electron chi connectivity index (χ3n) is 2.51. The molecule has 78 valence electrons. The quantitative estimate of drug-likeness (QED) is 0.728.